The first-order chi connectivity index (χ1) is 5.61. The van der Waals surface area contributed by atoms with Crippen molar-refractivity contribution in [3.05, 3.63) is 0 Å². The fourth-order valence-electron chi connectivity index (χ4n) is 0.988. The van der Waals surface area contributed by atoms with Gasteiger partial charge in [0, 0.05) is 6.54 Å². The number of carbonyl (C=O) groups excluding carboxylic acids is 1. The van der Waals surface area contributed by atoms with E-state index in [1.165, 1.54) is 12.8 Å². The molecule has 1 saturated carbocycles. The summed E-state index contributed by atoms with van der Waals surface area (Å²) in [6, 6.07) is -0.344. The van der Waals surface area contributed by atoms with Crippen LogP contribution in [0.4, 0.5) is 0 Å². The van der Waals surface area contributed by atoms with Crippen molar-refractivity contribution >= 4 is 5.91 Å². The summed E-state index contributed by atoms with van der Waals surface area (Å²) in [5.41, 5.74) is 5.65. The standard InChI is InChI=1S/C9H18N2O/c1-6(2)8(10)9(12)11-5-7-3-4-7/h6-8H,3-5,10H2,1-2H3,(H,11,12)/t8-/m0/s1. The maximum Gasteiger partial charge on any atom is 0.237 e. The third-order valence-electron chi connectivity index (χ3n) is 2.28. The minimum absolute atomic E-state index is 0.00287. The van der Waals surface area contributed by atoms with E-state index in [1.807, 2.05) is 13.8 Å². The Labute approximate surface area is 73.7 Å². The Morgan fingerprint density at radius 1 is 1.58 bits per heavy atom. The molecule has 1 amide bonds. The zero-order valence-electron chi connectivity index (χ0n) is 7.84. The lowest BCUT2D eigenvalue weighted by Crippen LogP contribution is -2.44. The van der Waals surface area contributed by atoms with Crippen LogP contribution in [0.5, 0.6) is 0 Å². The van der Waals surface area contributed by atoms with Gasteiger partial charge in [0.15, 0.2) is 0 Å². The maximum absolute atomic E-state index is 11.3. The van der Waals surface area contributed by atoms with E-state index in [2.05, 4.69) is 5.32 Å². The molecule has 12 heavy (non-hydrogen) atoms. The van der Waals surface area contributed by atoms with Gasteiger partial charge in [-0.2, -0.15) is 0 Å². The minimum Gasteiger partial charge on any atom is -0.354 e. The topological polar surface area (TPSA) is 55.1 Å². The van der Waals surface area contributed by atoms with E-state index >= 15 is 0 Å². The monoisotopic (exact) mass is 170 g/mol. The lowest BCUT2D eigenvalue weighted by molar-refractivity contribution is -0.123. The van der Waals surface area contributed by atoms with Crippen molar-refractivity contribution in [2.24, 2.45) is 17.6 Å². The predicted molar refractivity (Wildman–Crippen MR) is 48.5 cm³/mol. The molecule has 1 aliphatic carbocycles. The summed E-state index contributed by atoms with van der Waals surface area (Å²) in [4.78, 5) is 11.3. The SMILES string of the molecule is CC(C)[C@H](N)C(=O)NCC1CC1. The molecule has 1 rings (SSSR count). The Hall–Kier alpha value is -0.570. The van der Waals surface area contributed by atoms with E-state index in [0.29, 0.717) is 0 Å². The molecule has 0 aromatic carbocycles. The molecular weight excluding hydrogens is 152 g/mol. The Morgan fingerprint density at radius 2 is 2.17 bits per heavy atom. The van der Waals surface area contributed by atoms with Crippen LogP contribution in [-0.2, 0) is 4.79 Å². The number of hydrogen-bond donors (Lipinski definition) is 2. The van der Waals surface area contributed by atoms with E-state index in [9.17, 15) is 4.79 Å². The second kappa shape index (κ2) is 3.90. The van der Waals surface area contributed by atoms with Gasteiger partial charge in [-0.15, -0.1) is 0 Å². The van der Waals surface area contributed by atoms with Crippen LogP contribution in [0, 0.1) is 11.8 Å². The van der Waals surface area contributed by atoms with Crippen molar-refractivity contribution in [1.82, 2.24) is 5.32 Å². The molecule has 0 radical (unpaired) electrons. The van der Waals surface area contributed by atoms with Crippen LogP contribution in [0.15, 0.2) is 0 Å². The molecule has 0 spiro atoms. The number of nitrogens with one attached hydrogen (secondary N) is 1. The summed E-state index contributed by atoms with van der Waals surface area (Å²) >= 11 is 0. The summed E-state index contributed by atoms with van der Waals surface area (Å²) in [6.07, 6.45) is 2.52. The first kappa shape index (κ1) is 9.52. The zero-order chi connectivity index (χ0) is 9.14. The Kier molecular flexibility index (Phi) is 3.09. The summed E-state index contributed by atoms with van der Waals surface area (Å²) in [6.45, 7) is 4.74. The number of rotatable bonds is 4. The Balaban J connectivity index is 2.16. The normalized spacial score (nSPS) is 19.3. The van der Waals surface area contributed by atoms with Gasteiger partial charge >= 0.3 is 0 Å². The number of nitrogens with two attached hydrogens (primary N) is 1. The molecule has 3 heteroatoms. The van der Waals surface area contributed by atoms with Crippen molar-refractivity contribution in [3.63, 3.8) is 0 Å². The van der Waals surface area contributed by atoms with E-state index in [1.54, 1.807) is 0 Å². The fraction of sp³-hybridized carbons (Fsp3) is 0.889. The Bertz CT molecular complexity index is 164. The molecule has 1 fully saturated rings. The van der Waals surface area contributed by atoms with Crippen LogP contribution in [0.1, 0.15) is 26.7 Å². The van der Waals surface area contributed by atoms with Gasteiger partial charge in [-0.3, -0.25) is 4.79 Å². The molecule has 0 unspecified atom stereocenters. The van der Waals surface area contributed by atoms with Crippen molar-refractivity contribution < 1.29 is 4.79 Å². The molecule has 0 saturated heterocycles. The van der Waals surface area contributed by atoms with Gasteiger partial charge in [0.05, 0.1) is 6.04 Å². The first-order valence-electron chi connectivity index (χ1n) is 4.64. The zero-order valence-corrected chi connectivity index (χ0v) is 7.84. The highest BCUT2D eigenvalue weighted by Crippen LogP contribution is 2.27. The fourth-order valence-corrected chi connectivity index (χ4v) is 0.988. The van der Waals surface area contributed by atoms with Crippen LogP contribution < -0.4 is 11.1 Å². The van der Waals surface area contributed by atoms with E-state index in [0.717, 1.165) is 12.5 Å². The van der Waals surface area contributed by atoms with Gasteiger partial charge in [0.25, 0.3) is 0 Å². The van der Waals surface area contributed by atoms with Crippen LogP contribution in [0.25, 0.3) is 0 Å². The minimum atomic E-state index is -0.344. The first-order valence-corrected chi connectivity index (χ1v) is 4.64. The van der Waals surface area contributed by atoms with E-state index < -0.39 is 0 Å². The third kappa shape index (κ3) is 2.81. The highest BCUT2D eigenvalue weighted by atomic mass is 16.2. The lowest BCUT2D eigenvalue weighted by Gasteiger charge is -2.14. The van der Waals surface area contributed by atoms with Gasteiger partial charge in [0.2, 0.25) is 5.91 Å². The van der Waals surface area contributed by atoms with Crippen molar-refractivity contribution in [2.75, 3.05) is 6.54 Å². The molecule has 0 aromatic rings. The van der Waals surface area contributed by atoms with Crippen LogP contribution >= 0.6 is 0 Å². The van der Waals surface area contributed by atoms with Gasteiger partial charge < -0.3 is 11.1 Å². The Morgan fingerprint density at radius 3 is 2.58 bits per heavy atom. The van der Waals surface area contributed by atoms with Crippen LogP contribution in [0.2, 0.25) is 0 Å². The average Bonchev–Trinajstić information content (AvgIpc) is 2.81. The summed E-state index contributed by atoms with van der Waals surface area (Å²) < 4.78 is 0. The van der Waals surface area contributed by atoms with Gasteiger partial charge in [-0.25, -0.2) is 0 Å². The molecular formula is C9H18N2O. The second-order valence-corrected chi connectivity index (χ2v) is 3.96. The maximum atomic E-state index is 11.3. The van der Waals surface area contributed by atoms with E-state index in [-0.39, 0.29) is 17.9 Å². The largest absolute Gasteiger partial charge is 0.354 e. The number of carbonyl (C=O) groups is 1. The smallest absolute Gasteiger partial charge is 0.237 e. The van der Waals surface area contributed by atoms with Crippen molar-refractivity contribution in [1.29, 1.82) is 0 Å². The summed E-state index contributed by atoms with van der Waals surface area (Å²) in [7, 11) is 0. The molecule has 3 N–H and O–H groups in total. The molecule has 0 bridgehead atoms. The molecule has 1 aliphatic rings. The van der Waals surface area contributed by atoms with Crippen LogP contribution in [-0.4, -0.2) is 18.5 Å². The highest BCUT2D eigenvalue weighted by Gasteiger charge is 2.23. The number of hydrogen-bond acceptors (Lipinski definition) is 2. The summed E-state index contributed by atoms with van der Waals surface area (Å²) in [5.74, 6) is 0.953. The van der Waals surface area contributed by atoms with Crippen LogP contribution in [0.3, 0.4) is 0 Å². The molecule has 0 aliphatic heterocycles. The quantitative estimate of drug-likeness (QED) is 0.645. The van der Waals surface area contributed by atoms with Gasteiger partial charge in [0.1, 0.15) is 0 Å². The highest BCUT2D eigenvalue weighted by molar-refractivity contribution is 5.81. The third-order valence-corrected chi connectivity index (χ3v) is 2.28. The summed E-state index contributed by atoms with van der Waals surface area (Å²) in [5, 5.41) is 2.86. The second-order valence-electron chi connectivity index (χ2n) is 3.96. The molecule has 70 valence electrons. The molecule has 0 heterocycles. The van der Waals surface area contributed by atoms with Gasteiger partial charge in [-0.1, -0.05) is 13.8 Å². The molecule has 3 nitrogen and oxygen atoms in total. The average molecular weight is 170 g/mol. The molecule has 1 atom stereocenters. The number of amides is 1. The predicted octanol–water partition coefficient (Wildman–Crippen LogP) is 0.496. The molecule has 0 aromatic heterocycles. The van der Waals surface area contributed by atoms with Crippen molar-refractivity contribution in [2.45, 2.75) is 32.7 Å². The lowest BCUT2D eigenvalue weighted by atomic mass is 10.1. The van der Waals surface area contributed by atoms with E-state index in [4.69, 9.17) is 5.73 Å². The van der Waals surface area contributed by atoms with Crippen molar-refractivity contribution in [3.8, 4) is 0 Å². The van der Waals surface area contributed by atoms with Gasteiger partial charge in [-0.05, 0) is 24.7 Å².